The standard InChI is InChI=1S/C13H19N3/c1-5-13(2,3)11-6-7-16(9-11)12-8-14-15(4)10-12/h6-10H,5H2,1-4H3. The van der Waals surface area contributed by atoms with E-state index >= 15 is 0 Å². The minimum absolute atomic E-state index is 0.244. The van der Waals surface area contributed by atoms with E-state index < -0.39 is 0 Å². The van der Waals surface area contributed by atoms with Crippen molar-refractivity contribution in [2.45, 2.75) is 32.6 Å². The van der Waals surface area contributed by atoms with Gasteiger partial charge in [0.1, 0.15) is 0 Å². The summed E-state index contributed by atoms with van der Waals surface area (Å²) < 4.78 is 3.94. The molecule has 86 valence electrons. The van der Waals surface area contributed by atoms with E-state index in [1.54, 1.807) is 0 Å². The zero-order valence-electron chi connectivity index (χ0n) is 10.4. The van der Waals surface area contributed by atoms with Gasteiger partial charge >= 0.3 is 0 Å². The van der Waals surface area contributed by atoms with Gasteiger partial charge in [-0.05, 0) is 23.5 Å². The van der Waals surface area contributed by atoms with Crippen molar-refractivity contribution in [2.75, 3.05) is 0 Å². The average Bonchev–Trinajstić information content (AvgIpc) is 2.85. The zero-order valence-corrected chi connectivity index (χ0v) is 10.4. The number of aryl methyl sites for hydroxylation is 1. The van der Waals surface area contributed by atoms with Gasteiger partial charge < -0.3 is 4.57 Å². The molecule has 0 aliphatic carbocycles. The molecule has 0 radical (unpaired) electrons. The van der Waals surface area contributed by atoms with Crippen LogP contribution in [0.3, 0.4) is 0 Å². The summed E-state index contributed by atoms with van der Waals surface area (Å²) in [6.45, 7) is 6.77. The molecule has 0 atom stereocenters. The number of nitrogens with zero attached hydrogens (tertiary/aromatic N) is 3. The summed E-state index contributed by atoms with van der Waals surface area (Å²) in [6, 6.07) is 2.19. The summed E-state index contributed by atoms with van der Waals surface area (Å²) >= 11 is 0. The maximum Gasteiger partial charge on any atom is 0.0833 e. The molecule has 3 heteroatoms. The van der Waals surface area contributed by atoms with E-state index in [0.29, 0.717) is 0 Å². The Morgan fingerprint density at radius 3 is 2.62 bits per heavy atom. The summed E-state index contributed by atoms with van der Waals surface area (Å²) in [5.41, 5.74) is 2.73. The third-order valence-electron chi connectivity index (χ3n) is 3.35. The van der Waals surface area contributed by atoms with Gasteiger partial charge in [0.15, 0.2) is 0 Å². The second-order valence-corrected chi connectivity index (χ2v) is 4.92. The first-order chi connectivity index (χ1) is 7.53. The normalized spacial score (nSPS) is 12.0. The topological polar surface area (TPSA) is 22.8 Å². The fourth-order valence-corrected chi connectivity index (χ4v) is 1.70. The van der Waals surface area contributed by atoms with Crippen LogP contribution < -0.4 is 0 Å². The summed E-state index contributed by atoms with van der Waals surface area (Å²) in [5, 5.41) is 4.18. The number of rotatable bonds is 3. The maximum absolute atomic E-state index is 4.18. The van der Waals surface area contributed by atoms with E-state index in [-0.39, 0.29) is 5.41 Å². The molecule has 2 aromatic rings. The van der Waals surface area contributed by atoms with Crippen LogP contribution in [0.15, 0.2) is 30.9 Å². The molecule has 0 saturated heterocycles. The molecule has 0 fully saturated rings. The molecular weight excluding hydrogens is 198 g/mol. The van der Waals surface area contributed by atoms with Gasteiger partial charge in [-0.15, -0.1) is 0 Å². The monoisotopic (exact) mass is 217 g/mol. The molecule has 2 heterocycles. The third kappa shape index (κ3) is 1.90. The van der Waals surface area contributed by atoms with Crippen LogP contribution >= 0.6 is 0 Å². The predicted octanol–water partition coefficient (Wildman–Crippen LogP) is 2.90. The maximum atomic E-state index is 4.18. The van der Waals surface area contributed by atoms with Gasteiger partial charge in [0.05, 0.1) is 11.9 Å². The molecule has 2 aromatic heterocycles. The van der Waals surface area contributed by atoms with Gasteiger partial charge in [0, 0.05) is 25.6 Å². The van der Waals surface area contributed by atoms with Crippen molar-refractivity contribution in [1.82, 2.24) is 14.3 Å². The lowest BCUT2D eigenvalue weighted by Gasteiger charge is -2.21. The van der Waals surface area contributed by atoms with Crippen molar-refractivity contribution in [3.8, 4) is 5.69 Å². The Morgan fingerprint density at radius 2 is 2.06 bits per heavy atom. The molecule has 0 aliphatic heterocycles. The van der Waals surface area contributed by atoms with E-state index in [0.717, 1.165) is 12.1 Å². The number of aromatic nitrogens is 3. The van der Waals surface area contributed by atoms with E-state index in [1.165, 1.54) is 5.56 Å². The highest BCUT2D eigenvalue weighted by Crippen LogP contribution is 2.27. The van der Waals surface area contributed by atoms with Crippen LogP contribution in [0.2, 0.25) is 0 Å². The minimum atomic E-state index is 0.244. The Labute approximate surface area is 96.7 Å². The third-order valence-corrected chi connectivity index (χ3v) is 3.35. The molecule has 3 nitrogen and oxygen atoms in total. The van der Waals surface area contributed by atoms with Crippen molar-refractivity contribution in [2.24, 2.45) is 7.05 Å². The van der Waals surface area contributed by atoms with Gasteiger partial charge in [-0.2, -0.15) is 5.10 Å². The molecule has 0 amide bonds. The molecule has 0 unspecified atom stereocenters. The smallest absolute Gasteiger partial charge is 0.0833 e. The molecule has 0 aliphatic rings. The van der Waals surface area contributed by atoms with Crippen LogP contribution in [0.5, 0.6) is 0 Å². The molecule has 0 saturated carbocycles. The van der Waals surface area contributed by atoms with E-state index in [2.05, 4.69) is 48.9 Å². The Morgan fingerprint density at radius 1 is 1.31 bits per heavy atom. The summed E-state index contributed by atoms with van der Waals surface area (Å²) in [6.07, 6.45) is 9.33. The average molecular weight is 217 g/mol. The SMILES string of the molecule is CCC(C)(C)c1ccn(-c2cnn(C)c2)c1. The van der Waals surface area contributed by atoms with Crippen molar-refractivity contribution in [3.05, 3.63) is 36.4 Å². The quantitative estimate of drug-likeness (QED) is 0.775. The van der Waals surface area contributed by atoms with Gasteiger partial charge in [-0.3, -0.25) is 4.68 Å². The van der Waals surface area contributed by atoms with E-state index in [9.17, 15) is 0 Å². The fraction of sp³-hybridized carbons (Fsp3) is 0.462. The molecule has 16 heavy (non-hydrogen) atoms. The summed E-state index contributed by atoms with van der Waals surface area (Å²) in [4.78, 5) is 0. The molecular formula is C13H19N3. The fourth-order valence-electron chi connectivity index (χ4n) is 1.70. The first-order valence-corrected chi connectivity index (χ1v) is 5.70. The zero-order chi connectivity index (χ0) is 11.8. The molecule has 0 bridgehead atoms. The van der Waals surface area contributed by atoms with Gasteiger partial charge in [-0.25, -0.2) is 0 Å². The highest BCUT2D eigenvalue weighted by atomic mass is 15.3. The largest absolute Gasteiger partial charge is 0.321 e. The van der Waals surface area contributed by atoms with Crippen LogP contribution in [0.1, 0.15) is 32.8 Å². The van der Waals surface area contributed by atoms with Crippen LogP contribution in [0, 0.1) is 0 Å². The van der Waals surface area contributed by atoms with Gasteiger partial charge in [0.25, 0.3) is 0 Å². The second kappa shape index (κ2) is 3.81. The van der Waals surface area contributed by atoms with E-state index in [4.69, 9.17) is 0 Å². The predicted molar refractivity (Wildman–Crippen MR) is 65.9 cm³/mol. The molecule has 0 aromatic carbocycles. The molecule has 2 rings (SSSR count). The second-order valence-electron chi connectivity index (χ2n) is 4.92. The van der Waals surface area contributed by atoms with E-state index in [1.807, 2.05) is 24.1 Å². The lowest BCUT2D eigenvalue weighted by atomic mass is 9.84. The molecule has 0 spiro atoms. The lowest BCUT2D eigenvalue weighted by Crippen LogP contribution is -2.14. The van der Waals surface area contributed by atoms with Gasteiger partial charge in [-0.1, -0.05) is 20.8 Å². The highest BCUT2D eigenvalue weighted by molar-refractivity contribution is 5.31. The summed E-state index contributed by atoms with van der Waals surface area (Å²) in [7, 11) is 1.93. The highest BCUT2D eigenvalue weighted by Gasteiger charge is 2.19. The van der Waals surface area contributed by atoms with Crippen molar-refractivity contribution in [1.29, 1.82) is 0 Å². The number of hydrogen-bond donors (Lipinski definition) is 0. The van der Waals surface area contributed by atoms with Crippen LogP contribution in [0.4, 0.5) is 0 Å². The first kappa shape index (κ1) is 11.0. The number of hydrogen-bond acceptors (Lipinski definition) is 1. The van der Waals surface area contributed by atoms with Crippen molar-refractivity contribution < 1.29 is 0 Å². The van der Waals surface area contributed by atoms with Crippen LogP contribution in [-0.2, 0) is 12.5 Å². The first-order valence-electron chi connectivity index (χ1n) is 5.70. The van der Waals surface area contributed by atoms with Crippen LogP contribution in [0.25, 0.3) is 5.69 Å². The van der Waals surface area contributed by atoms with Crippen molar-refractivity contribution >= 4 is 0 Å². The Balaban J connectivity index is 2.33. The lowest BCUT2D eigenvalue weighted by molar-refractivity contribution is 0.506. The molecule has 0 N–H and O–H groups in total. The Bertz CT molecular complexity index is 477. The minimum Gasteiger partial charge on any atom is -0.321 e. The van der Waals surface area contributed by atoms with Crippen LogP contribution in [-0.4, -0.2) is 14.3 Å². The Kier molecular flexibility index (Phi) is 2.62. The van der Waals surface area contributed by atoms with Gasteiger partial charge in [0.2, 0.25) is 0 Å². The summed E-state index contributed by atoms with van der Waals surface area (Å²) in [5.74, 6) is 0. The Hall–Kier alpha value is -1.51. The van der Waals surface area contributed by atoms with Crippen molar-refractivity contribution in [3.63, 3.8) is 0 Å².